The van der Waals surface area contributed by atoms with Crippen molar-refractivity contribution in [3.8, 4) is 0 Å². The lowest BCUT2D eigenvalue weighted by molar-refractivity contribution is -0.150. The Morgan fingerprint density at radius 3 is 2.83 bits per heavy atom. The SMILES string of the molecule is CC1CCC2OCC(=O)NC2(c2ccccc2)C1. The largest absolute Gasteiger partial charge is 0.366 e. The number of hydrogen-bond acceptors (Lipinski definition) is 2. The van der Waals surface area contributed by atoms with Gasteiger partial charge in [0.25, 0.3) is 0 Å². The van der Waals surface area contributed by atoms with Gasteiger partial charge in [-0.2, -0.15) is 0 Å². The molecule has 96 valence electrons. The molecule has 3 nitrogen and oxygen atoms in total. The Kier molecular flexibility index (Phi) is 2.86. The number of carbonyl (C=O) groups excluding carboxylic acids is 1. The molecule has 2 aliphatic rings. The van der Waals surface area contributed by atoms with E-state index in [1.165, 1.54) is 12.0 Å². The van der Waals surface area contributed by atoms with Crippen molar-refractivity contribution in [2.75, 3.05) is 6.61 Å². The number of carbonyl (C=O) groups is 1. The molecule has 3 heteroatoms. The van der Waals surface area contributed by atoms with E-state index in [0.717, 1.165) is 12.8 Å². The van der Waals surface area contributed by atoms with Crippen LogP contribution in [0.4, 0.5) is 0 Å². The van der Waals surface area contributed by atoms with Gasteiger partial charge in [-0.25, -0.2) is 0 Å². The molecule has 1 aliphatic heterocycles. The van der Waals surface area contributed by atoms with E-state index < -0.39 is 0 Å². The number of morpholine rings is 1. The fraction of sp³-hybridized carbons (Fsp3) is 0.533. The van der Waals surface area contributed by atoms with Crippen molar-refractivity contribution in [3.63, 3.8) is 0 Å². The highest BCUT2D eigenvalue weighted by Gasteiger charge is 2.48. The highest BCUT2D eigenvalue weighted by Crippen LogP contribution is 2.42. The molecule has 1 amide bonds. The molecule has 1 saturated heterocycles. The fourth-order valence-corrected chi connectivity index (χ4v) is 3.40. The molecular weight excluding hydrogens is 226 g/mol. The molecule has 3 unspecified atom stereocenters. The first-order chi connectivity index (χ1) is 8.71. The second-order valence-electron chi connectivity index (χ2n) is 5.57. The van der Waals surface area contributed by atoms with Gasteiger partial charge in [0, 0.05) is 0 Å². The van der Waals surface area contributed by atoms with Crippen molar-refractivity contribution in [1.82, 2.24) is 5.32 Å². The maximum absolute atomic E-state index is 11.8. The Balaban J connectivity index is 2.03. The van der Waals surface area contributed by atoms with Crippen molar-refractivity contribution in [2.24, 2.45) is 5.92 Å². The van der Waals surface area contributed by atoms with Crippen molar-refractivity contribution in [3.05, 3.63) is 35.9 Å². The van der Waals surface area contributed by atoms with E-state index in [9.17, 15) is 4.79 Å². The molecule has 0 aromatic heterocycles. The van der Waals surface area contributed by atoms with E-state index in [1.54, 1.807) is 0 Å². The molecule has 18 heavy (non-hydrogen) atoms. The average Bonchev–Trinajstić information content (AvgIpc) is 2.39. The van der Waals surface area contributed by atoms with Crippen LogP contribution in [0, 0.1) is 5.92 Å². The summed E-state index contributed by atoms with van der Waals surface area (Å²) in [6.45, 7) is 2.45. The highest BCUT2D eigenvalue weighted by molar-refractivity contribution is 5.79. The topological polar surface area (TPSA) is 38.3 Å². The molecule has 1 saturated carbocycles. The van der Waals surface area contributed by atoms with Gasteiger partial charge in [-0.1, -0.05) is 37.3 Å². The van der Waals surface area contributed by atoms with Crippen LogP contribution in [0.1, 0.15) is 31.7 Å². The van der Waals surface area contributed by atoms with Crippen LogP contribution in [-0.4, -0.2) is 18.6 Å². The quantitative estimate of drug-likeness (QED) is 0.824. The van der Waals surface area contributed by atoms with Crippen LogP contribution >= 0.6 is 0 Å². The van der Waals surface area contributed by atoms with Crippen LogP contribution in [0.5, 0.6) is 0 Å². The van der Waals surface area contributed by atoms with Gasteiger partial charge in [0.05, 0.1) is 11.6 Å². The summed E-state index contributed by atoms with van der Waals surface area (Å²) in [5.74, 6) is 0.618. The molecule has 0 radical (unpaired) electrons. The number of rotatable bonds is 1. The average molecular weight is 245 g/mol. The second-order valence-corrected chi connectivity index (χ2v) is 5.57. The second kappa shape index (κ2) is 4.39. The normalized spacial score (nSPS) is 35.7. The van der Waals surface area contributed by atoms with E-state index >= 15 is 0 Å². The minimum Gasteiger partial charge on any atom is -0.366 e. The van der Waals surface area contributed by atoms with Crippen molar-refractivity contribution in [1.29, 1.82) is 0 Å². The van der Waals surface area contributed by atoms with E-state index in [4.69, 9.17) is 4.74 Å². The predicted octanol–water partition coefficient (Wildman–Crippen LogP) is 2.22. The molecule has 0 bridgehead atoms. The Morgan fingerprint density at radius 1 is 1.28 bits per heavy atom. The molecular formula is C15H19NO2. The number of nitrogens with one attached hydrogen (secondary N) is 1. The monoisotopic (exact) mass is 245 g/mol. The van der Waals surface area contributed by atoms with Crippen LogP contribution < -0.4 is 5.32 Å². The van der Waals surface area contributed by atoms with Crippen molar-refractivity contribution >= 4 is 5.91 Å². The highest BCUT2D eigenvalue weighted by atomic mass is 16.5. The van der Waals surface area contributed by atoms with E-state index in [-0.39, 0.29) is 24.2 Å². The minimum atomic E-state index is -0.311. The standard InChI is InChI=1S/C15H19NO2/c1-11-7-8-13-15(9-11,16-14(17)10-18-13)12-5-3-2-4-6-12/h2-6,11,13H,7-10H2,1H3,(H,16,17). The first-order valence-corrected chi connectivity index (χ1v) is 6.69. The predicted molar refractivity (Wildman–Crippen MR) is 69.0 cm³/mol. The minimum absolute atomic E-state index is 0.00389. The fourth-order valence-electron chi connectivity index (χ4n) is 3.40. The molecule has 1 heterocycles. The van der Waals surface area contributed by atoms with Gasteiger partial charge in [-0.15, -0.1) is 0 Å². The third kappa shape index (κ3) is 1.83. The smallest absolute Gasteiger partial charge is 0.246 e. The van der Waals surface area contributed by atoms with E-state index in [2.05, 4.69) is 24.4 Å². The summed E-state index contributed by atoms with van der Waals surface area (Å²) in [6, 6.07) is 10.3. The zero-order valence-corrected chi connectivity index (χ0v) is 10.7. The summed E-state index contributed by atoms with van der Waals surface area (Å²) in [7, 11) is 0. The van der Waals surface area contributed by atoms with Gasteiger partial charge < -0.3 is 10.1 Å². The zero-order chi connectivity index (χ0) is 12.6. The summed E-state index contributed by atoms with van der Waals surface area (Å²) in [6.07, 6.45) is 3.28. The van der Waals surface area contributed by atoms with Gasteiger partial charge in [0.15, 0.2) is 0 Å². The van der Waals surface area contributed by atoms with E-state index in [0.29, 0.717) is 5.92 Å². The summed E-state index contributed by atoms with van der Waals surface area (Å²) >= 11 is 0. The maximum atomic E-state index is 11.8. The van der Waals surface area contributed by atoms with Crippen LogP contribution in [0.2, 0.25) is 0 Å². The van der Waals surface area contributed by atoms with Gasteiger partial charge in [-0.05, 0) is 30.7 Å². The lowest BCUT2D eigenvalue weighted by Crippen LogP contribution is -2.62. The number of ether oxygens (including phenoxy) is 1. The molecule has 3 atom stereocenters. The Morgan fingerprint density at radius 2 is 2.06 bits per heavy atom. The number of hydrogen-bond donors (Lipinski definition) is 1. The Labute approximate surface area is 108 Å². The number of fused-ring (bicyclic) bond motifs is 1. The van der Waals surface area contributed by atoms with Gasteiger partial charge in [0.2, 0.25) is 5.91 Å². The van der Waals surface area contributed by atoms with Gasteiger partial charge >= 0.3 is 0 Å². The first kappa shape index (κ1) is 11.7. The molecule has 3 rings (SSSR count). The Hall–Kier alpha value is -1.35. The van der Waals surface area contributed by atoms with Crippen LogP contribution in [0.3, 0.4) is 0 Å². The lowest BCUT2D eigenvalue weighted by atomic mass is 9.70. The lowest BCUT2D eigenvalue weighted by Gasteiger charge is -2.49. The van der Waals surface area contributed by atoms with Gasteiger partial charge in [0.1, 0.15) is 6.61 Å². The van der Waals surface area contributed by atoms with Crippen LogP contribution in [0.25, 0.3) is 0 Å². The maximum Gasteiger partial charge on any atom is 0.246 e. The summed E-state index contributed by atoms with van der Waals surface area (Å²) in [5.41, 5.74) is 0.864. The zero-order valence-electron chi connectivity index (χ0n) is 10.7. The van der Waals surface area contributed by atoms with Crippen molar-refractivity contribution < 1.29 is 9.53 Å². The van der Waals surface area contributed by atoms with Crippen LogP contribution in [-0.2, 0) is 15.1 Å². The van der Waals surface area contributed by atoms with Gasteiger partial charge in [-0.3, -0.25) is 4.79 Å². The molecule has 1 aromatic rings. The molecule has 1 N–H and O–H groups in total. The number of benzene rings is 1. The molecule has 1 aromatic carbocycles. The first-order valence-electron chi connectivity index (χ1n) is 6.69. The third-order valence-corrected chi connectivity index (χ3v) is 4.21. The summed E-state index contributed by atoms with van der Waals surface area (Å²) in [5, 5.41) is 3.21. The Bertz CT molecular complexity index is 445. The summed E-state index contributed by atoms with van der Waals surface area (Å²) < 4.78 is 5.79. The van der Waals surface area contributed by atoms with Crippen molar-refractivity contribution in [2.45, 2.75) is 37.8 Å². The summed E-state index contributed by atoms with van der Waals surface area (Å²) in [4.78, 5) is 11.8. The molecule has 0 spiro atoms. The molecule has 1 aliphatic carbocycles. The third-order valence-electron chi connectivity index (χ3n) is 4.21. The van der Waals surface area contributed by atoms with E-state index in [1.807, 2.05) is 18.2 Å². The number of amides is 1. The van der Waals surface area contributed by atoms with Crippen LogP contribution in [0.15, 0.2) is 30.3 Å². The molecule has 2 fully saturated rings.